The van der Waals surface area contributed by atoms with Crippen LogP contribution in [0.4, 0.5) is 18.0 Å². The molecular weight excluding hydrogens is 333 g/mol. The lowest BCUT2D eigenvalue weighted by atomic mass is 10.0. The van der Waals surface area contributed by atoms with E-state index in [0.29, 0.717) is 11.3 Å². The highest BCUT2D eigenvalue weighted by Gasteiger charge is 2.33. The van der Waals surface area contributed by atoms with Crippen molar-refractivity contribution in [3.63, 3.8) is 0 Å². The number of nitrogens with zero attached hydrogens (tertiary/aromatic N) is 1. The molecule has 0 radical (unpaired) electrons. The molecular formula is C14H15F3N2O3S. The summed E-state index contributed by atoms with van der Waals surface area (Å²) in [7, 11) is 1.26. The van der Waals surface area contributed by atoms with Crippen LogP contribution in [0.2, 0.25) is 0 Å². The molecule has 1 aromatic carbocycles. The normalized spacial score (nSPS) is 18.2. The van der Waals surface area contributed by atoms with E-state index in [0.717, 1.165) is 24.6 Å². The van der Waals surface area contributed by atoms with Crippen LogP contribution in [0.25, 0.3) is 0 Å². The average molecular weight is 348 g/mol. The predicted octanol–water partition coefficient (Wildman–Crippen LogP) is 3.92. The number of benzene rings is 1. The Hall–Kier alpha value is -1.90. The average Bonchev–Trinajstić information content (AvgIpc) is 2.47. The summed E-state index contributed by atoms with van der Waals surface area (Å²) in [5.74, 6) is -0.483. The zero-order valence-corrected chi connectivity index (χ0v) is 13.3. The van der Waals surface area contributed by atoms with Gasteiger partial charge in [-0.15, -0.1) is 13.2 Å². The summed E-state index contributed by atoms with van der Waals surface area (Å²) in [6.07, 6.45) is -3.23. The maximum Gasteiger partial charge on any atom is 0.573 e. The third kappa shape index (κ3) is 4.54. The van der Waals surface area contributed by atoms with Crippen LogP contribution in [0.3, 0.4) is 0 Å². The molecule has 1 aliphatic heterocycles. The molecule has 126 valence electrons. The van der Waals surface area contributed by atoms with Gasteiger partial charge in [0, 0.05) is 5.56 Å². The highest BCUT2D eigenvalue weighted by Crippen LogP contribution is 2.34. The lowest BCUT2D eigenvalue weighted by Gasteiger charge is -2.22. The molecule has 23 heavy (non-hydrogen) atoms. The molecule has 1 heterocycles. The first-order valence-electron chi connectivity index (χ1n) is 6.82. The summed E-state index contributed by atoms with van der Waals surface area (Å²) in [4.78, 5) is 11.4. The second-order valence-corrected chi connectivity index (χ2v) is 5.88. The summed E-state index contributed by atoms with van der Waals surface area (Å²) in [6.45, 7) is 1.98. The van der Waals surface area contributed by atoms with Crippen molar-refractivity contribution in [3.8, 4) is 11.5 Å². The van der Waals surface area contributed by atoms with E-state index in [2.05, 4.69) is 15.3 Å². The van der Waals surface area contributed by atoms with Gasteiger partial charge in [0.1, 0.15) is 0 Å². The minimum absolute atomic E-state index is 0.0559. The van der Waals surface area contributed by atoms with Gasteiger partial charge in [-0.3, -0.25) is 4.79 Å². The number of hydrogen-bond donors (Lipinski definition) is 1. The minimum Gasteiger partial charge on any atom is -0.493 e. The molecule has 0 saturated heterocycles. The number of methoxy groups -OCH3 is 1. The van der Waals surface area contributed by atoms with Gasteiger partial charge in [0.05, 0.1) is 18.1 Å². The molecule has 1 amide bonds. The zero-order chi connectivity index (χ0) is 17.0. The Morgan fingerprint density at radius 2 is 2.09 bits per heavy atom. The first kappa shape index (κ1) is 17.5. The number of amides is 1. The molecule has 5 nitrogen and oxygen atoms in total. The number of rotatable bonds is 5. The lowest BCUT2D eigenvalue weighted by Crippen LogP contribution is -2.31. The number of halogens is 3. The number of alkyl halides is 3. The summed E-state index contributed by atoms with van der Waals surface area (Å²) >= 11 is 1.11. The van der Waals surface area contributed by atoms with Crippen LogP contribution in [-0.2, 0) is 0 Å². The quantitative estimate of drug-likeness (QED) is 0.876. The molecule has 0 saturated carbocycles. The standard InChI is InChI=1S/C14H15F3N2O3S/c1-3-4-11-12(18-19-13(20)23-11)8-5-6-9(10(7-8)21-2)22-14(15,16)17/h5-7,11H,3-4H2,1-2H3,(H,19,20). The van der Waals surface area contributed by atoms with Gasteiger partial charge >= 0.3 is 6.36 Å². The summed E-state index contributed by atoms with van der Waals surface area (Å²) in [5.41, 5.74) is 3.53. The number of carbonyl (C=O) groups is 1. The Labute approximate surface area is 135 Å². The fourth-order valence-corrected chi connectivity index (χ4v) is 3.14. The number of hydrazone groups is 1. The highest BCUT2D eigenvalue weighted by atomic mass is 32.2. The van der Waals surface area contributed by atoms with Crippen molar-refractivity contribution in [2.75, 3.05) is 7.11 Å². The second-order valence-electron chi connectivity index (χ2n) is 4.70. The molecule has 0 spiro atoms. The first-order chi connectivity index (χ1) is 10.8. The van der Waals surface area contributed by atoms with Gasteiger partial charge < -0.3 is 9.47 Å². The fourth-order valence-electron chi connectivity index (χ4n) is 2.13. The SMILES string of the molecule is CCCC1SC(=O)NN=C1c1ccc(OC(F)(F)F)c(OC)c1. The van der Waals surface area contributed by atoms with Crippen molar-refractivity contribution in [2.24, 2.45) is 5.10 Å². The molecule has 0 aliphatic carbocycles. The first-order valence-corrected chi connectivity index (χ1v) is 7.70. The van der Waals surface area contributed by atoms with Crippen molar-refractivity contribution in [2.45, 2.75) is 31.4 Å². The van der Waals surface area contributed by atoms with Gasteiger partial charge in [0.15, 0.2) is 11.5 Å². The van der Waals surface area contributed by atoms with Gasteiger partial charge in [-0.25, -0.2) is 5.43 Å². The molecule has 1 atom stereocenters. The number of nitrogens with one attached hydrogen (secondary N) is 1. The summed E-state index contributed by atoms with van der Waals surface area (Å²) in [5, 5.41) is 3.63. The third-order valence-electron chi connectivity index (χ3n) is 3.06. The Bertz CT molecular complexity index is 620. The summed E-state index contributed by atoms with van der Waals surface area (Å²) in [6, 6.07) is 4.05. The van der Waals surface area contributed by atoms with E-state index < -0.39 is 12.1 Å². The molecule has 1 aliphatic rings. The van der Waals surface area contributed by atoms with Gasteiger partial charge in [-0.05, 0) is 24.6 Å². The van der Waals surface area contributed by atoms with Crippen LogP contribution in [0, 0.1) is 0 Å². The van der Waals surface area contributed by atoms with E-state index in [4.69, 9.17) is 4.74 Å². The van der Waals surface area contributed by atoms with E-state index in [9.17, 15) is 18.0 Å². The lowest BCUT2D eigenvalue weighted by molar-refractivity contribution is -0.275. The van der Waals surface area contributed by atoms with Gasteiger partial charge in [-0.2, -0.15) is 5.10 Å². The molecule has 1 aromatic rings. The molecule has 9 heteroatoms. The van der Waals surface area contributed by atoms with Crippen molar-refractivity contribution in [1.29, 1.82) is 0 Å². The molecule has 0 bridgehead atoms. The maximum atomic E-state index is 12.4. The minimum atomic E-state index is -4.80. The van der Waals surface area contributed by atoms with Gasteiger partial charge in [0.2, 0.25) is 0 Å². The topological polar surface area (TPSA) is 59.9 Å². The van der Waals surface area contributed by atoms with Crippen LogP contribution in [0.1, 0.15) is 25.3 Å². The smallest absolute Gasteiger partial charge is 0.493 e. The van der Waals surface area contributed by atoms with E-state index >= 15 is 0 Å². The van der Waals surface area contributed by atoms with E-state index in [-0.39, 0.29) is 16.2 Å². The van der Waals surface area contributed by atoms with E-state index in [1.807, 2.05) is 6.92 Å². The summed E-state index contributed by atoms with van der Waals surface area (Å²) < 4.78 is 46.0. The number of ether oxygens (including phenoxy) is 2. The van der Waals surface area contributed by atoms with Gasteiger partial charge in [-0.1, -0.05) is 25.1 Å². The highest BCUT2D eigenvalue weighted by molar-refractivity contribution is 8.14. The third-order valence-corrected chi connectivity index (χ3v) is 4.11. The van der Waals surface area contributed by atoms with Crippen molar-refractivity contribution in [3.05, 3.63) is 23.8 Å². The van der Waals surface area contributed by atoms with E-state index in [1.54, 1.807) is 0 Å². The van der Waals surface area contributed by atoms with Crippen LogP contribution in [0.5, 0.6) is 11.5 Å². The van der Waals surface area contributed by atoms with Crippen molar-refractivity contribution in [1.82, 2.24) is 5.43 Å². The molecule has 0 fully saturated rings. The van der Waals surface area contributed by atoms with Crippen LogP contribution in [-0.4, -0.2) is 29.7 Å². The monoisotopic (exact) mass is 348 g/mol. The molecule has 2 rings (SSSR count). The van der Waals surface area contributed by atoms with E-state index in [1.165, 1.54) is 25.3 Å². The Balaban J connectivity index is 2.34. The zero-order valence-electron chi connectivity index (χ0n) is 12.4. The molecule has 1 N–H and O–H groups in total. The molecule has 1 unspecified atom stereocenters. The predicted molar refractivity (Wildman–Crippen MR) is 81.0 cm³/mol. The maximum absolute atomic E-state index is 12.4. The van der Waals surface area contributed by atoms with Crippen LogP contribution in [0.15, 0.2) is 23.3 Å². The van der Waals surface area contributed by atoms with Crippen molar-refractivity contribution >= 4 is 22.7 Å². The Kier molecular flexibility index (Phi) is 5.40. The number of hydrogen-bond acceptors (Lipinski definition) is 5. The van der Waals surface area contributed by atoms with Gasteiger partial charge in [0.25, 0.3) is 5.24 Å². The Morgan fingerprint density at radius 1 is 1.35 bits per heavy atom. The largest absolute Gasteiger partial charge is 0.573 e. The Morgan fingerprint density at radius 3 is 2.70 bits per heavy atom. The van der Waals surface area contributed by atoms with Crippen LogP contribution < -0.4 is 14.9 Å². The second kappa shape index (κ2) is 7.12. The number of thioether (sulfide) groups is 1. The number of carbonyl (C=O) groups excluding carboxylic acids is 1. The molecule has 0 aromatic heterocycles. The van der Waals surface area contributed by atoms with Crippen molar-refractivity contribution < 1.29 is 27.4 Å². The van der Waals surface area contributed by atoms with Crippen LogP contribution >= 0.6 is 11.8 Å². The fraction of sp³-hybridized carbons (Fsp3) is 0.429.